The minimum Gasteiger partial charge on any atom is -0.481 e. The van der Waals surface area contributed by atoms with E-state index in [2.05, 4.69) is 10.6 Å². The largest absolute Gasteiger partial charge is 0.481 e. The lowest BCUT2D eigenvalue weighted by molar-refractivity contribution is -0.141. The van der Waals surface area contributed by atoms with Gasteiger partial charge in [-0.05, 0) is 29.3 Å². The van der Waals surface area contributed by atoms with Gasteiger partial charge in [-0.15, -0.1) is 0 Å². The molecular weight excluding hydrogens is 511 g/mol. The molecule has 13 heteroatoms. The van der Waals surface area contributed by atoms with Gasteiger partial charge in [-0.25, -0.2) is 4.79 Å². The first kappa shape index (κ1) is 29.8. The molecule has 0 aliphatic heterocycles. The molecule has 0 bridgehead atoms. The van der Waals surface area contributed by atoms with Crippen LogP contribution in [0.1, 0.15) is 40.4 Å². The Labute approximate surface area is 215 Å². The Bertz CT molecular complexity index is 1200. The molecule has 0 saturated heterocycles. The van der Waals surface area contributed by atoms with E-state index in [-0.39, 0.29) is 17.5 Å². The van der Waals surface area contributed by atoms with Crippen LogP contribution in [0.4, 0.5) is 13.2 Å². The molecule has 0 aromatic heterocycles. The number of aliphatic carboxylic acids is 1. The van der Waals surface area contributed by atoms with Crippen molar-refractivity contribution in [3.05, 3.63) is 70.8 Å². The average molecular weight is 537 g/mol. The van der Waals surface area contributed by atoms with Crippen LogP contribution in [0.2, 0.25) is 0 Å². The van der Waals surface area contributed by atoms with Crippen molar-refractivity contribution in [3.63, 3.8) is 0 Å². The number of alkyl halides is 3. The fraction of sp³-hybridized carbons (Fsp3) is 0.320. The first-order valence-electron chi connectivity index (χ1n) is 11.3. The van der Waals surface area contributed by atoms with Gasteiger partial charge in [0.05, 0.1) is 17.5 Å². The summed E-state index contributed by atoms with van der Waals surface area (Å²) in [6.07, 6.45) is -5.75. The van der Waals surface area contributed by atoms with Gasteiger partial charge in [0.1, 0.15) is 12.1 Å². The summed E-state index contributed by atoms with van der Waals surface area (Å²) in [6.45, 7) is 1.30. The number of nitrogens with two attached hydrogens (primary N) is 1. The lowest BCUT2D eigenvalue weighted by Crippen LogP contribution is -2.55. The number of nitrogens with one attached hydrogen (secondary N) is 2. The number of hydrogen-bond donors (Lipinski definition) is 5. The molecule has 204 valence electrons. The SMILES string of the molecule is C[C@@H](CC(=O)O)C(=O)N[C@@H](Cc1cccc(C(F)(F)F)c1)C(=O)N[C@@H](Cc1ccc(C(=O)O)cc1)C(N)=O. The summed E-state index contributed by atoms with van der Waals surface area (Å²) >= 11 is 0. The third-order valence-electron chi connectivity index (χ3n) is 5.56. The number of primary amides is 1. The Morgan fingerprint density at radius 2 is 1.45 bits per heavy atom. The zero-order chi connectivity index (χ0) is 28.6. The van der Waals surface area contributed by atoms with Crippen LogP contribution in [0.25, 0.3) is 0 Å². The van der Waals surface area contributed by atoms with Crippen molar-refractivity contribution < 1.29 is 47.4 Å². The molecule has 3 atom stereocenters. The van der Waals surface area contributed by atoms with Crippen LogP contribution in [-0.4, -0.2) is 52.0 Å². The quantitative estimate of drug-likeness (QED) is 0.274. The Balaban J connectivity index is 2.28. The zero-order valence-corrected chi connectivity index (χ0v) is 20.1. The fourth-order valence-corrected chi connectivity index (χ4v) is 3.50. The Morgan fingerprint density at radius 3 is 1.97 bits per heavy atom. The van der Waals surface area contributed by atoms with Crippen molar-refractivity contribution in [2.24, 2.45) is 11.7 Å². The highest BCUT2D eigenvalue weighted by molar-refractivity contribution is 5.93. The van der Waals surface area contributed by atoms with E-state index in [4.69, 9.17) is 15.9 Å². The van der Waals surface area contributed by atoms with Crippen LogP contribution in [0.3, 0.4) is 0 Å². The van der Waals surface area contributed by atoms with Crippen molar-refractivity contribution in [2.75, 3.05) is 0 Å². The molecule has 0 unspecified atom stereocenters. The lowest BCUT2D eigenvalue weighted by atomic mass is 9.99. The number of carboxylic acids is 2. The molecule has 0 fully saturated rings. The van der Waals surface area contributed by atoms with Gasteiger partial charge in [-0.2, -0.15) is 13.2 Å². The predicted molar refractivity (Wildman–Crippen MR) is 127 cm³/mol. The van der Waals surface area contributed by atoms with E-state index in [1.807, 2.05) is 0 Å². The van der Waals surface area contributed by atoms with E-state index >= 15 is 0 Å². The number of carboxylic acid groups (broad SMARTS) is 2. The number of aromatic carboxylic acids is 1. The molecule has 0 aliphatic rings. The zero-order valence-electron chi connectivity index (χ0n) is 20.1. The molecule has 0 heterocycles. The predicted octanol–water partition coefficient (Wildman–Crippen LogP) is 1.75. The maximum atomic E-state index is 13.1. The molecule has 3 amide bonds. The summed E-state index contributed by atoms with van der Waals surface area (Å²) in [6, 6.07) is 6.73. The van der Waals surface area contributed by atoms with Gasteiger partial charge < -0.3 is 26.6 Å². The highest BCUT2D eigenvalue weighted by atomic mass is 19.4. The van der Waals surface area contributed by atoms with Gasteiger partial charge in [0, 0.05) is 18.8 Å². The van der Waals surface area contributed by atoms with Gasteiger partial charge in [0.2, 0.25) is 17.7 Å². The van der Waals surface area contributed by atoms with Crippen molar-refractivity contribution in [3.8, 4) is 0 Å². The second-order valence-electron chi connectivity index (χ2n) is 8.63. The first-order valence-corrected chi connectivity index (χ1v) is 11.3. The third-order valence-corrected chi connectivity index (χ3v) is 5.56. The number of carbonyl (C=O) groups excluding carboxylic acids is 3. The molecule has 2 rings (SSSR count). The van der Waals surface area contributed by atoms with E-state index in [0.717, 1.165) is 18.2 Å². The average Bonchev–Trinajstić information content (AvgIpc) is 2.82. The summed E-state index contributed by atoms with van der Waals surface area (Å²) in [5, 5.41) is 22.7. The topological polar surface area (TPSA) is 176 Å². The highest BCUT2D eigenvalue weighted by Crippen LogP contribution is 2.29. The minimum atomic E-state index is -4.65. The molecule has 2 aromatic rings. The van der Waals surface area contributed by atoms with Crippen LogP contribution >= 0.6 is 0 Å². The van der Waals surface area contributed by atoms with E-state index < -0.39 is 72.2 Å². The molecule has 0 radical (unpaired) electrons. The number of amides is 3. The number of benzene rings is 2. The molecule has 0 spiro atoms. The number of carbonyl (C=O) groups is 5. The van der Waals surface area contributed by atoms with E-state index in [9.17, 15) is 37.1 Å². The summed E-state index contributed by atoms with van der Waals surface area (Å²) in [5.41, 5.74) is 4.93. The van der Waals surface area contributed by atoms with Crippen molar-refractivity contribution in [2.45, 2.75) is 44.4 Å². The maximum Gasteiger partial charge on any atom is 0.416 e. The monoisotopic (exact) mass is 537 g/mol. The summed E-state index contributed by atoms with van der Waals surface area (Å²) in [4.78, 5) is 59.7. The molecule has 2 aromatic carbocycles. The Morgan fingerprint density at radius 1 is 0.868 bits per heavy atom. The maximum absolute atomic E-state index is 13.1. The number of halogens is 3. The normalized spacial score (nSPS) is 13.6. The Kier molecular flexibility index (Phi) is 9.96. The van der Waals surface area contributed by atoms with E-state index in [0.29, 0.717) is 5.56 Å². The second-order valence-corrected chi connectivity index (χ2v) is 8.63. The van der Waals surface area contributed by atoms with E-state index in [1.165, 1.54) is 37.3 Å². The van der Waals surface area contributed by atoms with Crippen LogP contribution in [0.15, 0.2) is 48.5 Å². The van der Waals surface area contributed by atoms with Gasteiger partial charge in [0.25, 0.3) is 0 Å². The van der Waals surface area contributed by atoms with Gasteiger partial charge in [0.15, 0.2) is 0 Å². The summed E-state index contributed by atoms with van der Waals surface area (Å²) in [7, 11) is 0. The van der Waals surface area contributed by atoms with Crippen LogP contribution in [-0.2, 0) is 38.2 Å². The van der Waals surface area contributed by atoms with Crippen molar-refractivity contribution in [1.29, 1.82) is 0 Å². The van der Waals surface area contributed by atoms with Gasteiger partial charge in [-0.3, -0.25) is 19.2 Å². The standard InChI is InChI=1S/C25H26F3N3O7/c1-13(9-20(32)33)22(35)31-19(12-15-3-2-4-17(10-15)25(26,27)28)23(36)30-18(21(29)34)11-14-5-7-16(8-6-14)24(37)38/h2-8,10,13,18-19H,9,11-12H2,1H3,(H2,29,34)(H,30,36)(H,31,35)(H,32,33)(H,37,38)/t13-,18-,19-/m0/s1. The molecule has 10 nitrogen and oxygen atoms in total. The van der Waals surface area contributed by atoms with Gasteiger partial charge in [-0.1, -0.05) is 37.3 Å². The number of rotatable bonds is 12. The Hall–Kier alpha value is -4.42. The third kappa shape index (κ3) is 8.91. The molecule has 0 aliphatic carbocycles. The fourth-order valence-electron chi connectivity index (χ4n) is 3.50. The molecule has 6 N–H and O–H groups in total. The van der Waals surface area contributed by atoms with Gasteiger partial charge >= 0.3 is 18.1 Å². The molecular formula is C25H26F3N3O7. The first-order chi connectivity index (χ1) is 17.7. The molecule has 38 heavy (non-hydrogen) atoms. The van der Waals surface area contributed by atoms with Crippen LogP contribution in [0, 0.1) is 5.92 Å². The summed E-state index contributed by atoms with van der Waals surface area (Å²) < 4.78 is 39.4. The van der Waals surface area contributed by atoms with Crippen molar-refractivity contribution >= 4 is 29.7 Å². The highest BCUT2D eigenvalue weighted by Gasteiger charge is 2.32. The summed E-state index contributed by atoms with van der Waals surface area (Å²) in [5.74, 6) is -6.23. The van der Waals surface area contributed by atoms with Crippen LogP contribution in [0.5, 0.6) is 0 Å². The molecule has 0 saturated carbocycles. The lowest BCUT2D eigenvalue weighted by Gasteiger charge is -2.23. The van der Waals surface area contributed by atoms with Crippen LogP contribution < -0.4 is 16.4 Å². The smallest absolute Gasteiger partial charge is 0.416 e. The van der Waals surface area contributed by atoms with Crippen molar-refractivity contribution in [1.82, 2.24) is 10.6 Å². The minimum absolute atomic E-state index is 0.00671. The van der Waals surface area contributed by atoms with E-state index in [1.54, 1.807) is 0 Å². The second kappa shape index (κ2) is 12.7. The number of hydrogen-bond acceptors (Lipinski definition) is 5.